The van der Waals surface area contributed by atoms with Crippen molar-refractivity contribution in [1.29, 1.82) is 0 Å². The molecule has 0 spiro atoms. The number of hydrogen-bond acceptors (Lipinski definition) is 2. The van der Waals surface area contributed by atoms with Crippen molar-refractivity contribution in [3.05, 3.63) is 64.2 Å². The zero-order valence-corrected chi connectivity index (χ0v) is 12.5. The van der Waals surface area contributed by atoms with Gasteiger partial charge in [-0.1, -0.05) is 23.7 Å². The van der Waals surface area contributed by atoms with Gasteiger partial charge in [-0.15, -0.1) is 0 Å². The zero-order chi connectivity index (χ0) is 15.4. The molecule has 5 heteroatoms. The predicted molar refractivity (Wildman–Crippen MR) is 79.6 cm³/mol. The molecule has 21 heavy (non-hydrogen) atoms. The van der Waals surface area contributed by atoms with E-state index >= 15 is 0 Å². The molecule has 0 aliphatic carbocycles. The highest BCUT2D eigenvalue weighted by atomic mass is 35.5. The lowest BCUT2D eigenvalue weighted by atomic mass is 10.1. The lowest BCUT2D eigenvalue weighted by Gasteiger charge is -2.18. The van der Waals surface area contributed by atoms with Gasteiger partial charge in [-0.3, -0.25) is 0 Å². The molecule has 0 heterocycles. The van der Waals surface area contributed by atoms with Crippen molar-refractivity contribution in [2.45, 2.75) is 19.5 Å². The van der Waals surface area contributed by atoms with E-state index in [0.717, 1.165) is 0 Å². The first-order valence-corrected chi connectivity index (χ1v) is 6.90. The minimum atomic E-state index is -0.440. The van der Waals surface area contributed by atoms with Gasteiger partial charge in [0.2, 0.25) is 0 Å². The first kappa shape index (κ1) is 15.7. The summed E-state index contributed by atoms with van der Waals surface area (Å²) in [7, 11) is 1.53. The fourth-order valence-electron chi connectivity index (χ4n) is 2.10. The van der Waals surface area contributed by atoms with Gasteiger partial charge >= 0.3 is 0 Å². The third kappa shape index (κ3) is 3.71. The third-order valence-corrected chi connectivity index (χ3v) is 3.58. The summed E-state index contributed by atoms with van der Waals surface area (Å²) in [6.07, 6.45) is 0. The van der Waals surface area contributed by atoms with Crippen molar-refractivity contribution in [2.75, 3.05) is 7.11 Å². The van der Waals surface area contributed by atoms with Crippen LogP contribution in [0.3, 0.4) is 0 Å². The van der Waals surface area contributed by atoms with Crippen LogP contribution in [0.5, 0.6) is 5.75 Å². The molecule has 0 bridgehead atoms. The van der Waals surface area contributed by atoms with E-state index in [-0.39, 0.29) is 23.4 Å². The molecule has 0 aliphatic rings. The van der Waals surface area contributed by atoms with Crippen molar-refractivity contribution < 1.29 is 13.5 Å². The van der Waals surface area contributed by atoms with Gasteiger partial charge in [-0.25, -0.2) is 8.78 Å². The summed E-state index contributed by atoms with van der Waals surface area (Å²) in [6, 6.07) is 8.97. The Kier molecular flexibility index (Phi) is 5.15. The summed E-state index contributed by atoms with van der Waals surface area (Å²) in [5.41, 5.74) is 1.14. The van der Waals surface area contributed by atoms with Gasteiger partial charge < -0.3 is 10.1 Å². The zero-order valence-electron chi connectivity index (χ0n) is 11.8. The monoisotopic (exact) mass is 311 g/mol. The molecule has 112 valence electrons. The molecule has 1 N–H and O–H groups in total. The van der Waals surface area contributed by atoms with Crippen molar-refractivity contribution in [3.8, 4) is 5.75 Å². The Labute approximate surface area is 127 Å². The largest absolute Gasteiger partial charge is 0.496 e. The van der Waals surface area contributed by atoms with Crippen LogP contribution in [-0.4, -0.2) is 7.11 Å². The highest BCUT2D eigenvalue weighted by Crippen LogP contribution is 2.26. The number of rotatable bonds is 5. The second kappa shape index (κ2) is 6.87. The molecule has 0 radical (unpaired) electrons. The number of halogens is 3. The van der Waals surface area contributed by atoms with Gasteiger partial charge in [0.25, 0.3) is 0 Å². The van der Waals surface area contributed by atoms with E-state index in [1.165, 1.54) is 25.3 Å². The summed E-state index contributed by atoms with van der Waals surface area (Å²) < 4.78 is 32.4. The quantitative estimate of drug-likeness (QED) is 0.879. The van der Waals surface area contributed by atoms with Crippen LogP contribution in [0, 0.1) is 11.6 Å². The van der Waals surface area contributed by atoms with E-state index < -0.39 is 5.82 Å². The van der Waals surface area contributed by atoms with Gasteiger partial charge in [0.1, 0.15) is 17.4 Å². The number of ether oxygens (including phenoxy) is 1. The Morgan fingerprint density at radius 2 is 2.00 bits per heavy atom. The van der Waals surface area contributed by atoms with Crippen LogP contribution in [0.4, 0.5) is 8.78 Å². The smallest absolute Gasteiger partial charge is 0.146 e. The predicted octanol–water partition coefficient (Wildman–Crippen LogP) is 4.48. The standard InChI is InChI=1S/C16H16ClF2NO/c1-10(13-8-12(18)6-7-15(13)21-2)20-9-11-4-3-5-14(17)16(11)19/h3-8,10,20H,9H2,1-2H3. The second-order valence-corrected chi connectivity index (χ2v) is 5.11. The SMILES string of the molecule is COc1ccc(F)cc1C(C)NCc1cccc(Cl)c1F. The van der Waals surface area contributed by atoms with E-state index in [4.69, 9.17) is 16.3 Å². The third-order valence-electron chi connectivity index (χ3n) is 3.29. The van der Waals surface area contributed by atoms with E-state index in [2.05, 4.69) is 5.32 Å². The van der Waals surface area contributed by atoms with Crippen molar-refractivity contribution >= 4 is 11.6 Å². The van der Waals surface area contributed by atoms with Crippen LogP contribution >= 0.6 is 11.6 Å². The Bertz CT molecular complexity index is 634. The normalized spacial score (nSPS) is 12.2. The fraction of sp³-hybridized carbons (Fsp3) is 0.250. The molecule has 0 saturated heterocycles. The van der Waals surface area contributed by atoms with E-state index in [1.54, 1.807) is 18.2 Å². The highest BCUT2D eigenvalue weighted by Gasteiger charge is 2.13. The molecular formula is C16H16ClF2NO. The van der Waals surface area contributed by atoms with Gasteiger partial charge in [-0.05, 0) is 31.2 Å². The molecule has 0 aromatic heterocycles. The van der Waals surface area contributed by atoms with Crippen molar-refractivity contribution in [3.63, 3.8) is 0 Å². The first-order chi connectivity index (χ1) is 10.0. The van der Waals surface area contributed by atoms with Crippen LogP contribution in [0.1, 0.15) is 24.1 Å². The maximum absolute atomic E-state index is 13.8. The van der Waals surface area contributed by atoms with E-state index in [0.29, 0.717) is 16.9 Å². The van der Waals surface area contributed by atoms with Gasteiger partial charge in [-0.2, -0.15) is 0 Å². The Morgan fingerprint density at radius 1 is 1.24 bits per heavy atom. The van der Waals surface area contributed by atoms with Gasteiger partial charge in [0, 0.05) is 23.7 Å². The molecule has 1 atom stereocenters. The number of nitrogens with one attached hydrogen (secondary N) is 1. The minimum Gasteiger partial charge on any atom is -0.496 e. The van der Waals surface area contributed by atoms with Crippen LogP contribution in [0.15, 0.2) is 36.4 Å². The first-order valence-electron chi connectivity index (χ1n) is 6.52. The summed E-state index contributed by atoms with van der Waals surface area (Å²) >= 11 is 5.74. The Morgan fingerprint density at radius 3 is 2.71 bits per heavy atom. The summed E-state index contributed by atoms with van der Waals surface area (Å²) in [5, 5.41) is 3.23. The Balaban J connectivity index is 2.13. The van der Waals surface area contributed by atoms with E-state index in [1.807, 2.05) is 6.92 Å². The van der Waals surface area contributed by atoms with Crippen molar-refractivity contribution in [1.82, 2.24) is 5.32 Å². The molecule has 0 aliphatic heterocycles. The molecule has 2 aromatic carbocycles. The molecule has 1 unspecified atom stereocenters. The lowest BCUT2D eigenvalue weighted by Crippen LogP contribution is -2.19. The molecule has 2 nitrogen and oxygen atoms in total. The van der Waals surface area contributed by atoms with Crippen LogP contribution in [0.25, 0.3) is 0 Å². The molecule has 0 amide bonds. The Hall–Kier alpha value is -1.65. The van der Waals surface area contributed by atoms with Gasteiger partial charge in [0.05, 0.1) is 12.1 Å². The second-order valence-electron chi connectivity index (χ2n) is 4.70. The number of methoxy groups -OCH3 is 1. The summed E-state index contributed by atoms with van der Waals surface area (Å²) in [6.45, 7) is 2.15. The lowest BCUT2D eigenvalue weighted by molar-refractivity contribution is 0.399. The van der Waals surface area contributed by atoms with Gasteiger partial charge in [0.15, 0.2) is 0 Å². The summed E-state index contributed by atoms with van der Waals surface area (Å²) in [4.78, 5) is 0. The number of hydrogen-bond donors (Lipinski definition) is 1. The molecular weight excluding hydrogens is 296 g/mol. The molecule has 2 rings (SSSR count). The maximum atomic E-state index is 13.8. The maximum Gasteiger partial charge on any atom is 0.146 e. The van der Waals surface area contributed by atoms with E-state index in [9.17, 15) is 8.78 Å². The van der Waals surface area contributed by atoms with Crippen LogP contribution in [0.2, 0.25) is 5.02 Å². The average Bonchev–Trinajstić information content (AvgIpc) is 2.48. The van der Waals surface area contributed by atoms with Crippen LogP contribution in [-0.2, 0) is 6.54 Å². The van der Waals surface area contributed by atoms with Crippen LogP contribution < -0.4 is 10.1 Å². The number of benzene rings is 2. The molecule has 0 saturated carbocycles. The van der Waals surface area contributed by atoms with Crippen molar-refractivity contribution in [2.24, 2.45) is 0 Å². The molecule has 2 aromatic rings. The minimum absolute atomic E-state index is 0.0882. The fourth-order valence-corrected chi connectivity index (χ4v) is 2.30. The topological polar surface area (TPSA) is 21.3 Å². The molecule has 0 fully saturated rings. The average molecular weight is 312 g/mol. The summed E-state index contributed by atoms with van der Waals surface area (Å²) in [5.74, 6) is -0.193. The highest BCUT2D eigenvalue weighted by molar-refractivity contribution is 6.30.